The van der Waals surface area contributed by atoms with Gasteiger partial charge < -0.3 is 16.4 Å². The minimum absolute atomic E-state index is 0.236. The van der Waals surface area contributed by atoms with Gasteiger partial charge in [-0.15, -0.1) is 0 Å². The highest BCUT2D eigenvalue weighted by atomic mass is 16.2. The molecule has 0 spiro atoms. The molecule has 104 valence electrons. The molecule has 0 radical (unpaired) electrons. The monoisotopic (exact) mass is 253 g/mol. The van der Waals surface area contributed by atoms with Crippen LogP contribution in [-0.4, -0.2) is 36.5 Å². The summed E-state index contributed by atoms with van der Waals surface area (Å²) in [4.78, 5) is 14.3. The van der Waals surface area contributed by atoms with Gasteiger partial charge in [0.05, 0.1) is 0 Å². The lowest BCUT2D eigenvalue weighted by atomic mass is 9.80. The molecule has 1 saturated heterocycles. The van der Waals surface area contributed by atoms with Crippen molar-refractivity contribution in [3.05, 3.63) is 0 Å². The lowest BCUT2D eigenvalue weighted by Crippen LogP contribution is -2.46. The molecule has 2 rings (SSSR count). The third-order valence-corrected chi connectivity index (χ3v) is 5.03. The van der Waals surface area contributed by atoms with Gasteiger partial charge in [-0.3, -0.25) is 4.79 Å². The van der Waals surface area contributed by atoms with Crippen molar-refractivity contribution in [1.82, 2.24) is 4.90 Å². The van der Waals surface area contributed by atoms with E-state index in [9.17, 15) is 4.79 Å². The minimum atomic E-state index is 0.236. The van der Waals surface area contributed by atoms with Crippen LogP contribution >= 0.6 is 0 Å². The van der Waals surface area contributed by atoms with Crippen molar-refractivity contribution in [1.29, 1.82) is 0 Å². The van der Waals surface area contributed by atoms with Gasteiger partial charge in [-0.05, 0) is 42.7 Å². The first-order valence-corrected chi connectivity index (χ1v) is 7.10. The predicted molar refractivity (Wildman–Crippen MR) is 72.8 cm³/mol. The third kappa shape index (κ3) is 2.16. The topological polar surface area (TPSA) is 72.3 Å². The molecule has 1 heterocycles. The first-order chi connectivity index (χ1) is 8.40. The van der Waals surface area contributed by atoms with Gasteiger partial charge in [0.25, 0.3) is 0 Å². The maximum absolute atomic E-state index is 12.2. The third-order valence-electron chi connectivity index (χ3n) is 5.03. The van der Waals surface area contributed by atoms with Gasteiger partial charge in [0, 0.05) is 19.0 Å². The average molecular weight is 253 g/mol. The van der Waals surface area contributed by atoms with Gasteiger partial charge in [0.2, 0.25) is 5.91 Å². The summed E-state index contributed by atoms with van der Waals surface area (Å²) in [6.45, 7) is 8.92. The molecule has 0 aromatic carbocycles. The number of nitrogens with zero attached hydrogens (tertiary/aromatic N) is 1. The van der Waals surface area contributed by atoms with Gasteiger partial charge in [0.1, 0.15) is 0 Å². The fraction of sp³-hybridized carbons (Fsp3) is 0.929. The molecular formula is C14H27N3O. The molecule has 0 aromatic heterocycles. The Balaban J connectivity index is 2.19. The maximum atomic E-state index is 12.2. The van der Waals surface area contributed by atoms with Gasteiger partial charge in [-0.25, -0.2) is 0 Å². The van der Waals surface area contributed by atoms with Crippen LogP contribution in [0.5, 0.6) is 0 Å². The smallest absolute Gasteiger partial charge is 0.223 e. The summed E-state index contributed by atoms with van der Waals surface area (Å²) in [5.41, 5.74) is 11.9. The molecule has 4 heteroatoms. The Morgan fingerprint density at radius 3 is 2.50 bits per heavy atom. The highest BCUT2D eigenvalue weighted by molar-refractivity contribution is 5.79. The van der Waals surface area contributed by atoms with E-state index in [2.05, 4.69) is 25.7 Å². The van der Waals surface area contributed by atoms with Crippen LogP contribution in [-0.2, 0) is 4.79 Å². The maximum Gasteiger partial charge on any atom is 0.223 e. The normalized spacial score (nSPS) is 39.6. The van der Waals surface area contributed by atoms with Crippen molar-refractivity contribution in [2.24, 2.45) is 34.6 Å². The van der Waals surface area contributed by atoms with Crippen molar-refractivity contribution in [2.45, 2.75) is 39.7 Å². The van der Waals surface area contributed by atoms with Crippen LogP contribution in [0.2, 0.25) is 0 Å². The molecule has 2 aliphatic rings. The Kier molecular flexibility index (Phi) is 3.70. The van der Waals surface area contributed by atoms with Gasteiger partial charge in [-0.1, -0.05) is 20.8 Å². The van der Waals surface area contributed by atoms with Crippen molar-refractivity contribution in [2.75, 3.05) is 19.6 Å². The van der Waals surface area contributed by atoms with E-state index in [1.807, 2.05) is 0 Å². The Hall–Kier alpha value is -0.610. The highest BCUT2D eigenvalue weighted by Crippen LogP contribution is 2.48. The number of hydrogen-bond acceptors (Lipinski definition) is 3. The predicted octanol–water partition coefficient (Wildman–Crippen LogP) is 0.803. The van der Waals surface area contributed by atoms with Crippen molar-refractivity contribution in [3.63, 3.8) is 0 Å². The molecule has 4 atom stereocenters. The zero-order valence-electron chi connectivity index (χ0n) is 11.9. The number of carbonyl (C=O) groups is 1. The number of amides is 1. The molecule has 1 aliphatic carbocycles. The molecule has 2 fully saturated rings. The van der Waals surface area contributed by atoms with Gasteiger partial charge in [0.15, 0.2) is 0 Å². The van der Waals surface area contributed by atoms with E-state index < -0.39 is 0 Å². The Bertz CT molecular complexity index is 329. The summed E-state index contributed by atoms with van der Waals surface area (Å²) in [5.74, 6) is 1.56. The first kappa shape index (κ1) is 13.8. The van der Waals surface area contributed by atoms with E-state index in [-0.39, 0.29) is 11.3 Å². The molecule has 4 N–H and O–H groups in total. The van der Waals surface area contributed by atoms with Crippen LogP contribution in [0.4, 0.5) is 0 Å². The Morgan fingerprint density at radius 2 is 2.00 bits per heavy atom. The number of carbonyl (C=O) groups excluding carboxylic acids is 1. The number of rotatable bonds is 3. The van der Waals surface area contributed by atoms with Crippen molar-refractivity contribution in [3.8, 4) is 0 Å². The summed E-state index contributed by atoms with van der Waals surface area (Å²) in [6.07, 6.45) is 1.77. The van der Waals surface area contributed by atoms with Crippen LogP contribution < -0.4 is 11.5 Å². The summed E-state index contributed by atoms with van der Waals surface area (Å²) >= 11 is 0. The van der Waals surface area contributed by atoms with Crippen LogP contribution in [0.3, 0.4) is 0 Å². The van der Waals surface area contributed by atoms with E-state index in [1.54, 1.807) is 0 Å². The second-order valence-electron chi connectivity index (χ2n) is 6.85. The Morgan fingerprint density at radius 1 is 1.33 bits per heavy atom. The van der Waals surface area contributed by atoms with Gasteiger partial charge >= 0.3 is 0 Å². The lowest BCUT2D eigenvalue weighted by Gasteiger charge is -2.35. The summed E-state index contributed by atoms with van der Waals surface area (Å²) in [6, 6.07) is 0.314. The van der Waals surface area contributed by atoms with Crippen LogP contribution in [0.1, 0.15) is 33.6 Å². The second-order valence-corrected chi connectivity index (χ2v) is 6.85. The van der Waals surface area contributed by atoms with Gasteiger partial charge in [-0.2, -0.15) is 0 Å². The van der Waals surface area contributed by atoms with E-state index in [0.29, 0.717) is 43.3 Å². The fourth-order valence-corrected chi connectivity index (χ4v) is 4.20. The zero-order chi connectivity index (χ0) is 13.5. The molecule has 0 bridgehead atoms. The molecule has 4 nitrogen and oxygen atoms in total. The van der Waals surface area contributed by atoms with E-state index in [4.69, 9.17) is 11.5 Å². The molecule has 1 saturated carbocycles. The summed E-state index contributed by atoms with van der Waals surface area (Å²) in [7, 11) is 0. The average Bonchev–Trinajstić information content (AvgIpc) is 2.75. The number of likely N-dealkylation sites (tertiary alicyclic amines) is 1. The lowest BCUT2D eigenvalue weighted by molar-refractivity contribution is -0.131. The molecule has 18 heavy (non-hydrogen) atoms. The van der Waals surface area contributed by atoms with E-state index >= 15 is 0 Å². The molecule has 4 unspecified atom stereocenters. The zero-order valence-corrected chi connectivity index (χ0v) is 11.9. The summed E-state index contributed by atoms with van der Waals surface area (Å²) in [5, 5.41) is 0. The number of hydrogen-bond donors (Lipinski definition) is 2. The highest BCUT2D eigenvalue weighted by Gasteiger charge is 2.50. The van der Waals surface area contributed by atoms with Crippen molar-refractivity contribution >= 4 is 5.91 Å². The standard InChI is InChI=1S/C14H27N3O/c1-9-5-14(2,3)11(7-16)13(9)17-8-10(6-15)4-12(17)18/h9-11,13H,4-8,15-16H2,1-3H3. The van der Waals surface area contributed by atoms with Crippen LogP contribution in [0.15, 0.2) is 0 Å². The van der Waals surface area contributed by atoms with Crippen LogP contribution in [0, 0.1) is 23.2 Å². The molecular weight excluding hydrogens is 226 g/mol. The largest absolute Gasteiger partial charge is 0.339 e. The minimum Gasteiger partial charge on any atom is -0.339 e. The number of nitrogens with two attached hydrogens (primary N) is 2. The molecule has 1 amide bonds. The first-order valence-electron chi connectivity index (χ1n) is 7.10. The van der Waals surface area contributed by atoms with E-state index in [0.717, 1.165) is 13.0 Å². The van der Waals surface area contributed by atoms with Crippen molar-refractivity contribution < 1.29 is 4.79 Å². The SMILES string of the molecule is CC1CC(C)(C)C(CN)C1N1CC(CN)CC1=O. The second kappa shape index (κ2) is 4.82. The quantitative estimate of drug-likeness (QED) is 0.781. The molecule has 1 aliphatic heterocycles. The fourth-order valence-electron chi connectivity index (χ4n) is 4.20. The Labute approximate surface area is 110 Å². The van der Waals surface area contributed by atoms with E-state index in [1.165, 1.54) is 0 Å². The molecule has 0 aromatic rings. The summed E-state index contributed by atoms with van der Waals surface area (Å²) < 4.78 is 0. The van der Waals surface area contributed by atoms with Crippen LogP contribution in [0.25, 0.3) is 0 Å².